The molecule has 0 aromatic carbocycles. The molecular formula is C8H9NO. The SMILES string of the molecule is C1=COC2=NCCC=C2C1. The highest BCUT2D eigenvalue weighted by Gasteiger charge is 2.12. The van der Waals surface area contributed by atoms with Crippen molar-refractivity contribution in [3.63, 3.8) is 0 Å². The maximum absolute atomic E-state index is 5.18. The lowest BCUT2D eigenvalue weighted by molar-refractivity contribution is 0.455. The summed E-state index contributed by atoms with van der Waals surface area (Å²) in [7, 11) is 0. The molecule has 2 rings (SSSR count). The van der Waals surface area contributed by atoms with Crippen LogP contribution in [0.1, 0.15) is 12.8 Å². The van der Waals surface area contributed by atoms with Gasteiger partial charge in [0.05, 0.1) is 6.26 Å². The minimum Gasteiger partial charge on any atom is -0.447 e. The van der Waals surface area contributed by atoms with Crippen LogP contribution in [0, 0.1) is 0 Å². The van der Waals surface area contributed by atoms with Crippen LogP contribution in [-0.4, -0.2) is 12.4 Å². The van der Waals surface area contributed by atoms with E-state index in [1.165, 1.54) is 5.57 Å². The van der Waals surface area contributed by atoms with Crippen molar-refractivity contribution >= 4 is 5.90 Å². The number of nitrogens with zero attached hydrogens (tertiary/aromatic N) is 1. The highest BCUT2D eigenvalue weighted by molar-refractivity contribution is 5.95. The third-order valence-electron chi connectivity index (χ3n) is 1.66. The van der Waals surface area contributed by atoms with Crippen LogP contribution in [0.2, 0.25) is 0 Å². The van der Waals surface area contributed by atoms with Gasteiger partial charge in [0.1, 0.15) is 0 Å². The smallest absolute Gasteiger partial charge is 0.216 e. The number of rotatable bonds is 0. The summed E-state index contributed by atoms with van der Waals surface area (Å²) < 4.78 is 5.18. The first-order valence-electron chi connectivity index (χ1n) is 3.52. The molecule has 10 heavy (non-hydrogen) atoms. The summed E-state index contributed by atoms with van der Waals surface area (Å²) in [5, 5.41) is 0. The van der Waals surface area contributed by atoms with Gasteiger partial charge in [0.25, 0.3) is 0 Å². The van der Waals surface area contributed by atoms with Gasteiger partial charge in [0.2, 0.25) is 5.90 Å². The van der Waals surface area contributed by atoms with Crippen molar-refractivity contribution < 1.29 is 4.74 Å². The average Bonchev–Trinajstić information content (AvgIpc) is 2.05. The number of allylic oxidation sites excluding steroid dienone is 1. The Balaban J connectivity index is 2.30. The van der Waals surface area contributed by atoms with Crippen LogP contribution in [0.5, 0.6) is 0 Å². The molecule has 0 unspecified atom stereocenters. The molecule has 0 N–H and O–H groups in total. The van der Waals surface area contributed by atoms with Gasteiger partial charge in [-0.05, 0) is 18.9 Å². The van der Waals surface area contributed by atoms with Crippen molar-refractivity contribution in [1.82, 2.24) is 0 Å². The number of fused-ring (bicyclic) bond motifs is 1. The Hall–Kier alpha value is -1.05. The van der Waals surface area contributed by atoms with Crippen LogP contribution in [0.25, 0.3) is 0 Å². The summed E-state index contributed by atoms with van der Waals surface area (Å²) >= 11 is 0. The minimum absolute atomic E-state index is 0.828. The van der Waals surface area contributed by atoms with Crippen molar-refractivity contribution in [3.8, 4) is 0 Å². The fourth-order valence-corrected chi connectivity index (χ4v) is 1.16. The molecule has 0 atom stereocenters. The fraction of sp³-hybridized carbons (Fsp3) is 0.375. The number of aliphatic imine (C=N–C) groups is 1. The Morgan fingerprint density at radius 1 is 1.50 bits per heavy atom. The third kappa shape index (κ3) is 0.856. The number of ether oxygens (including phenoxy) is 1. The van der Waals surface area contributed by atoms with Crippen LogP contribution >= 0.6 is 0 Å². The largest absolute Gasteiger partial charge is 0.447 e. The van der Waals surface area contributed by atoms with Crippen LogP contribution in [0.15, 0.2) is 29.0 Å². The van der Waals surface area contributed by atoms with Crippen molar-refractivity contribution in [2.75, 3.05) is 6.54 Å². The zero-order chi connectivity index (χ0) is 6.81. The first-order valence-corrected chi connectivity index (χ1v) is 3.52. The topological polar surface area (TPSA) is 21.6 Å². The molecular weight excluding hydrogens is 126 g/mol. The molecule has 2 aliphatic heterocycles. The first-order chi connectivity index (χ1) is 4.97. The van der Waals surface area contributed by atoms with Gasteiger partial charge in [-0.1, -0.05) is 6.08 Å². The minimum atomic E-state index is 0.828. The second-order valence-electron chi connectivity index (χ2n) is 2.40. The zero-order valence-corrected chi connectivity index (χ0v) is 5.71. The molecule has 2 nitrogen and oxygen atoms in total. The predicted molar refractivity (Wildman–Crippen MR) is 39.8 cm³/mol. The molecule has 52 valence electrons. The van der Waals surface area contributed by atoms with E-state index in [0.29, 0.717) is 0 Å². The molecule has 2 heteroatoms. The van der Waals surface area contributed by atoms with E-state index in [4.69, 9.17) is 4.74 Å². The molecule has 0 saturated carbocycles. The zero-order valence-electron chi connectivity index (χ0n) is 5.71. The second kappa shape index (κ2) is 2.29. The van der Waals surface area contributed by atoms with Gasteiger partial charge in [-0.2, -0.15) is 0 Å². The average molecular weight is 135 g/mol. The molecule has 0 aromatic rings. The van der Waals surface area contributed by atoms with E-state index < -0.39 is 0 Å². The summed E-state index contributed by atoms with van der Waals surface area (Å²) in [6.45, 7) is 0.882. The van der Waals surface area contributed by atoms with Gasteiger partial charge >= 0.3 is 0 Å². The summed E-state index contributed by atoms with van der Waals surface area (Å²) in [6, 6.07) is 0. The Bertz CT molecular complexity index is 201. The maximum Gasteiger partial charge on any atom is 0.216 e. The number of dihydropyridines is 1. The van der Waals surface area contributed by atoms with Crippen LogP contribution in [-0.2, 0) is 4.74 Å². The summed E-state index contributed by atoms with van der Waals surface area (Å²) in [5.74, 6) is 0.828. The van der Waals surface area contributed by atoms with Gasteiger partial charge < -0.3 is 4.74 Å². The lowest BCUT2D eigenvalue weighted by atomic mass is 10.1. The van der Waals surface area contributed by atoms with E-state index in [2.05, 4.69) is 11.1 Å². The number of hydrogen-bond donors (Lipinski definition) is 0. The molecule has 0 aromatic heterocycles. The quantitative estimate of drug-likeness (QED) is 0.495. The first kappa shape index (κ1) is 5.71. The number of hydrogen-bond acceptors (Lipinski definition) is 2. The molecule has 2 heterocycles. The van der Waals surface area contributed by atoms with Crippen molar-refractivity contribution in [3.05, 3.63) is 24.0 Å². The highest BCUT2D eigenvalue weighted by atomic mass is 16.5. The molecule has 0 fully saturated rings. The maximum atomic E-state index is 5.18. The molecule has 0 saturated heterocycles. The predicted octanol–water partition coefficient (Wildman–Crippen LogP) is 1.65. The fourth-order valence-electron chi connectivity index (χ4n) is 1.16. The van der Waals surface area contributed by atoms with Gasteiger partial charge in [0.15, 0.2) is 0 Å². The van der Waals surface area contributed by atoms with E-state index in [1.54, 1.807) is 6.26 Å². The van der Waals surface area contributed by atoms with E-state index in [0.717, 1.165) is 25.3 Å². The highest BCUT2D eigenvalue weighted by Crippen LogP contribution is 2.16. The van der Waals surface area contributed by atoms with Crippen molar-refractivity contribution in [2.24, 2.45) is 4.99 Å². The molecule has 0 spiro atoms. The summed E-state index contributed by atoms with van der Waals surface area (Å²) in [4.78, 5) is 4.23. The van der Waals surface area contributed by atoms with Crippen LogP contribution in [0.4, 0.5) is 0 Å². The lowest BCUT2D eigenvalue weighted by Crippen LogP contribution is -2.12. The van der Waals surface area contributed by atoms with Gasteiger partial charge in [-0.3, -0.25) is 4.99 Å². The molecule has 0 amide bonds. The monoisotopic (exact) mass is 135 g/mol. The Morgan fingerprint density at radius 2 is 2.50 bits per heavy atom. The third-order valence-corrected chi connectivity index (χ3v) is 1.66. The van der Waals surface area contributed by atoms with E-state index >= 15 is 0 Å². The van der Waals surface area contributed by atoms with Crippen LogP contribution < -0.4 is 0 Å². The Kier molecular flexibility index (Phi) is 1.31. The van der Waals surface area contributed by atoms with Gasteiger partial charge in [-0.25, -0.2) is 0 Å². The summed E-state index contributed by atoms with van der Waals surface area (Å²) in [6.07, 6.45) is 7.97. The van der Waals surface area contributed by atoms with Gasteiger partial charge in [0, 0.05) is 12.1 Å². The second-order valence-corrected chi connectivity index (χ2v) is 2.40. The van der Waals surface area contributed by atoms with Gasteiger partial charge in [-0.15, -0.1) is 0 Å². The lowest BCUT2D eigenvalue weighted by Gasteiger charge is -2.15. The van der Waals surface area contributed by atoms with E-state index in [1.807, 2.05) is 6.08 Å². The van der Waals surface area contributed by atoms with Crippen LogP contribution in [0.3, 0.4) is 0 Å². The molecule has 0 radical (unpaired) electrons. The summed E-state index contributed by atoms with van der Waals surface area (Å²) in [5.41, 5.74) is 1.24. The standard InChI is InChI=1S/C8H9NO/c1-3-7-4-2-6-10-8(7)9-5-1/h2-3,6H,1,4-5H2. The normalized spacial score (nSPS) is 22.4. The molecule has 2 aliphatic rings. The molecule has 0 aliphatic carbocycles. The van der Waals surface area contributed by atoms with Crippen molar-refractivity contribution in [1.29, 1.82) is 0 Å². The molecule has 0 bridgehead atoms. The Labute approximate surface area is 59.9 Å². The Morgan fingerprint density at radius 3 is 3.40 bits per heavy atom. The van der Waals surface area contributed by atoms with E-state index in [-0.39, 0.29) is 0 Å². The van der Waals surface area contributed by atoms with Crippen molar-refractivity contribution in [2.45, 2.75) is 12.8 Å². The van der Waals surface area contributed by atoms with E-state index in [9.17, 15) is 0 Å².